The van der Waals surface area contributed by atoms with Crippen LogP contribution in [0.1, 0.15) is 17.5 Å². The molecule has 1 aliphatic carbocycles. The third-order valence-electron chi connectivity index (χ3n) is 4.23. The maximum atomic E-state index is 13.6. The maximum Gasteiger partial charge on any atom is 0.316 e. The zero-order valence-corrected chi connectivity index (χ0v) is 15.6. The number of nitro benzene ring substituents is 1. The fourth-order valence-electron chi connectivity index (χ4n) is 2.88. The summed E-state index contributed by atoms with van der Waals surface area (Å²) >= 11 is 1.32. The summed E-state index contributed by atoms with van der Waals surface area (Å²) < 4.78 is 18.5. The van der Waals surface area contributed by atoms with Gasteiger partial charge in [-0.05, 0) is 48.6 Å². The van der Waals surface area contributed by atoms with Gasteiger partial charge in [-0.3, -0.25) is 19.7 Å². The smallest absolute Gasteiger partial charge is 0.316 e. The Morgan fingerprint density at radius 2 is 1.96 bits per heavy atom. The first-order chi connectivity index (χ1) is 13.4. The third kappa shape index (κ3) is 5.07. The molecule has 1 N–H and O–H groups in total. The van der Waals surface area contributed by atoms with Crippen molar-refractivity contribution in [3.05, 3.63) is 63.5 Å². The van der Waals surface area contributed by atoms with E-state index in [-0.39, 0.29) is 17.1 Å². The van der Waals surface area contributed by atoms with Gasteiger partial charge in [0.25, 0.3) is 11.6 Å². The summed E-state index contributed by atoms with van der Waals surface area (Å²) in [5, 5.41) is 12.9. The predicted molar refractivity (Wildman–Crippen MR) is 102 cm³/mol. The lowest BCUT2D eigenvalue weighted by Crippen LogP contribution is -2.22. The van der Waals surface area contributed by atoms with Gasteiger partial charge < -0.3 is 10.1 Å². The standard InChI is InChI=1S/C19H17FN2O5S/c20-16-7-5-14(22(25)26)9-17(16)21-18(23)10-27-19(24)11-28-15-6-4-12-2-1-3-13(12)8-15/h4-9H,1-3,10-11H2,(H,21,23). The van der Waals surface area contributed by atoms with Crippen molar-refractivity contribution in [3.63, 3.8) is 0 Å². The molecule has 1 aliphatic rings. The van der Waals surface area contributed by atoms with Crippen LogP contribution in [0.25, 0.3) is 0 Å². The molecule has 0 saturated heterocycles. The van der Waals surface area contributed by atoms with Gasteiger partial charge in [0.2, 0.25) is 0 Å². The highest BCUT2D eigenvalue weighted by Crippen LogP contribution is 2.27. The highest BCUT2D eigenvalue weighted by molar-refractivity contribution is 8.00. The van der Waals surface area contributed by atoms with Crippen molar-refractivity contribution in [2.24, 2.45) is 0 Å². The summed E-state index contributed by atoms with van der Waals surface area (Å²) in [6, 6.07) is 8.86. The minimum atomic E-state index is -0.822. The molecule has 0 aliphatic heterocycles. The Labute approximate surface area is 164 Å². The van der Waals surface area contributed by atoms with Crippen LogP contribution in [0.15, 0.2) is 41.3 Å². The molecule has 9 heteroatoms. The Bertz CT molecular complexity index is 935. The van der Waals surface area contributed by atoms with Crippen molar-refractivity contribution in [2.75, 3.05) is 17.7 Å². The van der Waals surface area contributed by atoms with Crippen molar-refractivity contribution >= 4 is 35.0 Å². The first-order valence-corrected chi connectivity index (χ1v) is 9.55. The Kier molecular flexibility index (Phi) is 6.25. The van der Waals surface area contributed by atoms with Crippen molar-refractivity contribution in [3.8, 4) is 0 Å². The van der Waals surface area contributed by atoms with E-state index in [1.807, 2.05) is 6.07 Å². The van der Waals surface area contributed by atoms with E-state index >= 15 is 0 Å². The van der Waals surface area contributed by atoms with Crippen molar-refractivity contribution < 1.29 is 23.6 Å². The van der Waals surface area contributed by atoms with Crippen LogP contribution in [0, 0.1) is 15.9 Å². The van der Waals surface area contributed by atoms with E-state index in [2.05, 4.69) is 17.4 Å². The van der Waals surface area contributed by atoms with Gasteiger partial charge in [0.1, 0.15) is 5.82 Å². The average Bonchev–Trinajstić information content (AvgIpc) is 3.14. The first kappa shape index (κ1) is 19.8. The number of fused-ring (bicyclic) bond motifs is 1. The number of ether oxygens (including phenoxy) is 1. The molecule has 2 aromatic carbocycles. The van der Waals surface area contributed by atoms with Gasteiger partial charge in [-0.25, -0.2) is 4.39 Å². The molecular weight excluding hydrogens is 387 g/mol. The number of hydrogen-bond donors (Lipinski definition) is 1. The molecule has 3 rings (SSSR count). The molecule has 0 radical (unpaired) electrons. The van der Waals surface area contributed by atoms with Crippen LogP contribution in [0.5, 0.6) is 0 Å². The van der Waals surface area contributed by atoms with E-state index in [1.54, 1.807) is 0 Å². The van der Waals surface area contributed by atoms with Gasteiger partial charge in [-0.2, -0.15) is 0 Å². The minimum absolute atomic E-state index is 0.0389. The molecule has 28 heavy (non-hydrogen) atoms. The van der Waals surface area contributed by atoms with Gasteiger partial charge >= 0.3 is 5.97 Å². The maximum absolute atomic E-state index is 13.6. The number of esters is 1. The zero-order valence-electron chi connectivity index (χ0n) is 14.8. The molecule has 0 unspecified atom stereocenters. The molecule has 0 saturated carbocycles. The number of hydrogen-bond acceptors (Lipinski definition) is 6. The van der Waals surface area contributed by atoms with Crippen LogP contribution in [-0.4, -0.2) is 29.2 Å². The van der Waals surface area contributed by atoms with E-state index in [1.165, 1.54) is 22.9 Å². The number of rotatable bonds is 7. The highest BCUT2D eigenvalue weighted by Gasteiger charge is 2.15. The number of aryl methyl sites for hydroxylation is 2. The minimum Gasteiger partial charge on any atom is -0.455 e. The number of benzene rings is 2. The van der Waals surface area contributed by atoms with E-state index < -0.39 is 29.2 Å². The number of carbonyl (C=O) groups excluding carboxylic acids is 2. The monoisotopic (exact) mass is 404 g/mol. The van der Waals surface area contributed by atoms with Crippen molar-refractivity contribution in [1.82, 2.24) is 0 Å². The van der Waals surface area contributed by atoms with Gasteiger partial charge in [0.05, 0.1) is 16.4 Å². The van der Waals surface area contributed by atoms with Crippen LogP contribution in [0.2, 0.25) is 0 Å². The van der Waals surface area contributed by atoms with E-state index in [9.17, 15) is 24.1 Å². The van der Waals surface area contributed by atoms with Gasteiger partial charge in [-0.15, -0.1) is 11.8 Å². The summed E-state index contributed by atoms with van der Waals surface area (Å²) in [7, 11) is 0. The average molecular weight is 404 g/mol. The number of non-ortho nitro benzene ring substituents is 1. The second kappa shape index (κ2) is 8.83. The number of nitrogens with zero attached hydrogens (tertiary/aromatic N) is 1. The summed E-state index contributed by atoms with van der Waals surface area (Å²) in [5.74, 6) is -2.15. The lowest BCUT2D eigenvalue weighted by molar-refractivity contribution is -0.384. The van der Waals surface area contributed by atoms with Gasteiger partial charge in [0.15, 0.2) is 6.61 Å². The number of carbonyl (C=O) groups is 2. The molecule has 0 spiro atoms. The Morgan fingerprint density at radius 1 is 1.18 bits per heavy atom. The normalized spacial score (nSPS) is 12.3. The number of halogens is 1. The Hall–Kier alpha value is -2.94. The van der Waals surface area contributed by atoms with Crippen LogP contribution in [0.4, 0.5) is 15.8 Å². The zero-order chi connectivity index (χ0) is 20.1. The third-order valence-corrected chi connectivity index (χ3v) is 5.19. The number of nitrogens with one attached hydrogen (secondary N) is 1. The fourth-order valence-corrected chi connectivity index (χ4v) is 3.63. The van der Waals surface area contributed by atoms with Gasteiger partial charge in [0, 0.05) is 17.0 Å². The highest BCUT2D eigenvalue weighted by atomic mass is 32.2. The van der Waals surface area contributed by atoms with Crippen molar-refractivity contribution in [1.29, 1.82) is 0 Å². The molecule has 7 nitrogen and oxygen atoms in total. The second-order valence-electron chi connectivity index (χ2n) is 6.20. The molecule has 0 fully saturated rings. The molecule has 2 aromatic rings. The second-order valence-corrected chi connectivity index (χ2v) is 7.25. The topological polar surface area (TPSA) is 98.5 Å². The van der Waals surface area contributed by atoms with E-state index in [0.29, 0.717) is 0 Å². The van der Waals surface area contributed by atoms with E-state index in [0.717, 1.165) is 42.4 Å². The first-order valence-electron chi connectivity index (χ1n) is 8.56. The Morgan fingerprint density at radius 3 is 2.75 bits per heavy atom. The molecule has 0 aromatic heterocycles. The quantitative estimate of drug-likeness (QED) is 0.328. The lowest BCUT2D eigenvalue weighted by atomic mass is 10.1. The van der Waals surface area contributed by atoms with Crippen LogP contribution in [-0.2, 0) is 27.2 Å². The number of anilines is 1. The molecule has 1 amide bonds. The van der Waals surface area contributed by atoms with Crippen molar-refractivity contribution in [2.45, 2.75) is 24.2 Å². The largest absolute Gasteiger partial charge is 0.455 e. The van der Waals surface area contributed by atoms with Gasteiger partial charge in [-0.1, -0.05) is 6.07 Å². The predicted octanol–water partition coefficient (Wildman–Crippen LogP) is 3.50. The molecular formula is C19H17FN2O5S. The molecule has 0 bridgehead atoms. The molecule has 0 atom stereocenters. The van der Waals surface area contributed by atoms with Crippen LogP contribution < -0.4 is 5.32 Å². The van der Waals surface area contributed by atoms with Crippen LogP contribution >= 0.6 is 11.8 Å². The number of thioether (sulfide) groups is 1. The summed E-state index contributed by atoms with van der Waals surface area (Å²) in [5.41, 5.74) is 1.94. The molecule has 0 heterocycles. The SMILES string of the molecule is O=C(COC(=O)CSc1ccc2c(c1)CCC2)Nc1cc([N+](=O)[O-])ccc1F. The summed E-state index contributed by atoms with van der Waals surface area (Å²) in [6.07, 6.45) is 3.27. The summed E-state index contributed by atoms with van der Waals surface area (Å²) in [6.45, 7) is -0.605. The van der Waals surface area contributed by atoms with Crippen LogP contribution in [0.3, 0.4) is 0 Å². The number of amides is 1. The lowest BCUT2D eigenvalue weighted by Gasteiger charge is -2.08. The summed E-state index contributed by atoms with van der Waals surface area (Å²) in [4.78, 5) is 34.6. The Balaban J connectivity index is 1.46. The molecule has 146 valence electrons. The van der Waals surface area contributed by atoms with E-state index in [4.69, 9.17) is 4.74 Å². The number of nitro groups is 1. The fraction of sp³-hybridized carbons (Fsp3) is 0.263.